The fourth-order valence-electron chi connectivity index (χ4n) is 9.77. The van der Waals surface area contributed by atoms with Crippen LogP contribution in [0.15, 0.2) is 137 Å². The summed E-state index contributed by atoms with van der Waals surface area (Å²) in [6.45, 7) is 0. The molecule has 0 spiro atoms. The number of hydrazine groups is 1. The number of fused-ring (bicyclic) bond motifs is 4. The number of rotatable bonds is 9. The van der Waals surface area contributed by atoms with Gasteiger partial charge in [-0.2, -0.15) is 15.2 Å². The summed E-state index contributed by atoms with van der Waals surface area (Å²) in [6, 6.07) is 31.2. The van der Waals surface area contributed by atoms with Gasteiger partial charge in [0.1, 0.15) is 5.82 Å². The quantitative estimate of drug-likeness (QED) is 0.0852. The Morgan fingerprint density at radius 3 is 2.10 bits per heavy atom. The Balaban J connectivity index is 1.11. The summed E-state index contributed by atoms with van der Waals surface area (Å²) in [7, 11) is 5.33. The maximum absolute atomic E-state index is 15.3. The van der Waals surface area contributed by atoms with Crippen molar-refractivity contribution >= 4 is 63.7 Å². The van der Waals surface area contributed by atoms with E-state index in [0.717, 1.165) is 10.7 Å². The third-order valence-electron chi connectivity index (χ3n) is 12.5. The number of phenols is 1. The molecule has 12 nitrogen and oxygen atoms in total. The summed E-state index contributed by atoms with van der Waals surface area (Å²) in [6.07, 6.45) is 2.20. The Labute approximate surface area is 355 Å². The highest BCUT2D eigenvalue weighted by Crippen LogP contribution is 2.64. The Morgan fingerprint density at radius 2 is 1.48 bits per heavy atom. The van der Waals surface area contributed by atoms with Crippen LogP contribution in [0.25, 0.3) is 0 Å². The third-order valence-corrected chi connectivity index (χ3v) is 12.8. The number of azo groups is 1. The summed E-state index contributed by atoms with van der Waals surface area (Å²) in [5.41, 5.74) is 5.96. The molecule has 2 heterocycles. The molecule has 2 N–H and O–H groups in total. The minimum Gasteiger partial charge on any atom is -0.504 e. The average molecular weight is 839 g/mol. The average Bonchev–Trinajstić information content (AvgIpc) is 3.64. The van der Waals surface area contributed by atoms with E-state index in [0.29, 0.717) is 44.5 Å². The Bertz CT molecular complexity index is 2640. The predicted octanol–water partition coefficient (Wildman–Crippen LogP) is 8.86. The molecule has 2 aliphatic heterocycles. The van der Waals surface area contributed by atoms with Crippen molar-refractivity contribution in [2.24, 2.45) is 33.9 Å². The fraction of sp³-hybridized carbons (Fsp3) is 0.234. The van der Waals surface area contributed by atoms with Gasteiger partial charge in [0.05, 0.1) is 53.0 Å². The third kappa shape index (κ3) is 6.51. The van der Waals surface area contributed by atoms with Crippen LogP contribution in [0, 0.1) is 29.5 Å². The first kappa shape index (κ1) is 39.6. The number of halogens is 2. The van der Waals surface area contributed by atoms with Gasteiger partial charge in [0.25, 0.3) is 11.8 Å². The normalized spacial score (nSPS) is 24.4. The van der Waals surface area contributed by atoms with E-state index in [1.165, 1.54) is 42.3 Å². The second-order valence-corrected chi connectivity index (χ2v) is 16.4. The van der Waals surface area contributed by atoms with E-state index in [4.69, 9.17) is 16.3 Å². The molecule has 5 aromatic carbocycles. The van der Waals surface area contributed by atoms with E-state index < -0.39 is 58.5 Å². The van der Waals surface area contributed by atoms with Gasteiger partial charge in [-0.3, -0.25) is 29.5 Å². The van der Waals surface area contributed by atoms with Crippen molar-refractivity contribution in [3.8, 4) is 11.5 Å². The number of imide groups is 2. The number of carbonyl (C=O) groups excluding carboxylic acids is 4. The Hall–Kier alpha value is -6.86. The number of ether oxygens (including phenoxy) is 1. The standard InChI is InChI=1S/C47H40ClFN6O6/c1-53(2)33-17-13-30(14-18-33)50-51-31-15-19-34(20-16-31)54-43(57)36-22-21-35-37(41(36)45(54)59)25-38-44(58)55(52-32-11-9-29(49)10-12-32)46(60)47(38,27-5-7-28(48)8-6-27)42(35)26-4-23-40(61-3)39(56)24-26/h4-21,23-24,36-38,41-42,52,56H,22,25H2,1-3H3. The monoisotopic (exact) mass is 838 g/mol. The van der Waals surface area contributed by atoms with Gasteiger partial charge in [-0.1, -0.05) is 41.4 Å². The molecule has 2 saturated heterocycles. The summed E-state index contributed by atoms with van der Waals surface area (Å²) in [5, 5.41) is 21.3. The molecule has 5 aromatic rings. The minimum absolute atomic E-state index is 0.0577. The highest BCUT2D eigenvalue weighted by atomic mass is 35.5. The number of amides is 4. The number of nitrogens with one attached hydrogen (secondary N) is 1. The second kappa shape index (κ2) is 15.3. The van der Waals surface area contributed by atoms with Gasteiger partial charge < -0.3 is 14.7 Å². The number of hydrogen-bond donors (Lipinski definition) is 2. The van der Waals surface area contributed by atoms with E-state index in [2.05, 4.69) is 15.7 Å². The van der Waals surface area contributed by atoms with Crippen molar-refractivity contribution in [2.75, 3.05) is 36.4 Å². The molecule has 61 heavy (non-hydrogen) atoms. The van der Waals surface area contributed by atoms with Gasteiger partial charge in [0.15, 0.2) is 11.5 Å². The first-order valence-electron chi connectivity index (χ1n) is 19.8. The molecule has 1 saturated carbocycles. The molecule has 0 aromatic heterocycles. The molecule has 9 rings (SSSR count). The molecule has 3 fully saturated rings. The topological polar surface area (TPSA) is 144 Å². The lowest BCUT2D eigenvalue weighted by Gasteiger charge is -2.50. The maximum Gasteiger partial charge on any atom is 0.260 e. The van der Waals surface area contributed by atoms with E-state index in [1.54, 1.807) is 60.7 Å². The number of hydrogen-bond acceptors (Lipinski definition) is 10. The molecule has 6 atom stereocenters. The van der Waals surface area contributed by atoms with Crippen LogP contribution in [0.2, 0.25) is 5.02 Å². The number of anilines is 3. The zero-order valence-electron chi connectivity index (χ0n) is 33.3. The van der Waals surface area contributed by atoms with Crippen molar-refractivity contribution < 1.29 is 33.4 Å². The predicted molar refractivity (Wildman–Crippen MR) is 228 cm³/mol. The molecular weight excluding hydrogens is 799 g/mol. The van der Waals surface area contributed by atoms with Crippen LogP contribution in [-0.2, 0) is 24.6 Å². The van der Waals surface area contributed by atoms with Crippen LogP contribution in [0.4, 0.5) is 32.8 Å². The van der Waals surface area contributed by atoms with Gasteiger partial charge in [0, 0.05) is 30.7 Å². The van der Waals surface area contributed by atoms with Crippen molar-refractivity contribution in [2.45, 2.75) is 24.2 Å². The molecule has 0 radical (unpaired) electrons. The Morgan fingerprint density at radius 1 is 0.820 bits per heavy atom. The maximum atomic E-state index is 15.3. The van der Waals surface area contributed by atoms with E-state index >= 15 is 4.79 Å². The second-order valence-electron chi connectivity index (χ2n) is 15.9. The number of allylic oxidation sites excluding steroid dienone is 2. The van der Waals surface area contributed by atoms with Gasteiger partial charge in [-0.15, -0.1) is 0 Å². The van der Waals surface area contributed by atoms with Crippen molar-refractivity contribution in [1.29, 1.82) is 0 Å². The van der Waals surface area contributed by atoms with Gasteiger partial charge in [0.2, 0.25) is 11.8 Å². The van der Waals surface area contributed by atoms with E-state index in [-0.39, 0.29) is 30.2 Å². The number of carbonyl (C=O) groups is 4. The van der Waals surface area contributed by atoms with Crippen LogP contribution in [0.3, 0.4) is 0 Å². The molecule has 308 valence electrons. The number of phenolic OH excluding ortho intramolecular Hbond substituents is 1. The summed E-state index contributed by atoms with van der Waals surface area (Å²) in [5.74, 6) is -6.53. The first-order chi connectivity index (χ1) is 29.4. The van der Waals surface area contributed by atoms with Crippen LogP contribution in [0.5, 0.6) is 11.5 Å². The molecule has 0 bridgehead atoms. The van der Waals surface area contributed by atoms with Crippen LogP contribution in [0.1, 0.15) is 29.9 Å². The number of aromatic hydroxyl groups is 1. The largest absolute Gasteiger partial charge is 0.504 e. The molecule has 4 amide bonds. The lowest BCUT2D eigenvalue weighted by molar-refractivity contribution is -0.138. The first-order valence-corrected chi connectivity index (χ1v) is 20.2. The van der Waals surface area contributed by atoms with E-state index in [1.807, 2.05) is 49.3 Å². The SMILES string of the molecule is COc1ccc(C2C3=CCC4C(=O)N(c5ccc(N=Nc6ccc(N(C)C)cc6)cc5)C(=O)C4C3CC3C(=O)N(Nc4ccc(F)cc4)C(=O)C32c2ccc(Cl)cc2)cc1O. The highest BCUT2D eigenvalue weighted by Gasteiger charge is 2.70. The zero-order chi connectivity index (χ0) is 42.7. The minimum atomic E-state index is -1.60. The summed E-state index contributed by atoms with van der Waals surface area (Å²) in [4.78, 5) is 62.5. The van der Waals surface area contributed by atoms with Gasteiger partial charge >= 0.3 is 0 Å². The molecule has 14 heteroatoms. The molecule has 2 aliphatic carbocycles. The van der Waals surface area contributed by atoms with Crippen molar-refractivity contribution in [3.05, 3.63) is 149 Å². The smallest absolute Gasteiger partial charge is 0.260 e. The number of methoxy groups -OCH3 is 1. The molecular formula is C47H40ClFN6O6. The van der Waals surface area contributed by atoms with Crippen LogP contribution in [-0.4, -0.2) is 54.9 Å². The summed E-state index contributed by atoms with van der Waals surface area (Å²) < 4.78 is 19.3. The number of benzene rings is 5. The Kier molecular flexibility index (Phi) is 9.94. The highest BCUT2D eigenvalue weighted by molar-refractivity contribution is 6.30. The zero-order valence-corrected chi connectivity index (χ0v) is 34.1. The van der Waals surface area contributed by atoms with E-state index in [9.17, 15) is 23.9 Å². The van der Waals surface area contributed by atoms with Crippen molar-refractivity contribution in [3.63, 3.8) is 0 Å². The van der Waals surface area contributed by atoms with Crippen LogP contribution < -0.4 is 20.0 Å². The lowest BCUT2D eigenvalue weighted by atomic mass is 9.49. The summed E-state index contributed by atoms with van der Waals surface area (Å²) >= 11 is 6.39. The van der Waals surface area contributed by atoms with Gasteiger partial charge in [-0.25, -0.2) is 4.39 Å². The fourth-order valence-corrected chi connectivity index (χ4v) is 9.90. The lowest BCUT2D eigenvalue weighted by Crippen LogP contribution is -2.53. The number of nitrogens with zero attached hydrogens (tertiary/aromatic N) is 5. The molecule has 4 aliphatic rings. The van der Waals surface area contributed by atoms with Crippen molar-refractivity contribution in [1.82, 2.24) is 5.01 Å². The molecule has 6 unspecified atom stereocenters. The van der Waals surface area contributed by atoms with Crippen LogP contribution >= 0.6 is 11.6 Å². The van der Waals surface area contributed by atoms with Gasteiger partial charge in [-0.05, 0) is 127 Å².